The molecule has 10 heteroatoms. The quantitative estimate of drug-likeness (QED) is 0.275. The second kappa shape index (κ2) is 11.8. The number of carbonyl (C=O) groups is 1. The highest BCUT2D eigenvalue weighted by atomic mass is 19.1. The Kier molecular flexibility index (Phi) is 9.07. The van der Waals surface area contributed by atoms with Crippen molar-refractivity contribution >= 4 is 12.0 Å². The predicted octanol–water partition coefficient (Wildman–Crippen LogP) is 3.55. The van der Waals surface area contributed by atoms with Gasteiger partial charge in [-0.3, -0.25) is 4.79 Å². The Bertz CT molecular complexity index is 967. The summed E-state index contributed by atoms with van der Waals surface area (Å²) in [7, 11) is 0. The fraction of sp³-hybridized carbons (Fsp3) is 0.640. The topological polar surface area (TPSA) is 124 Å². The van der Waals surface area contributed by atoms with Crippen LogP contribution in [-0.4, -0.2) is 52.7 Å². The van der Waals surface area contributed by atoms with Gasteiger partial charge in [0.1, 0.15) is 17.6 Å². The van der Waals surface area contributed by atoms with Gasteiger partial charge in [0.15, 0.2) is 5.82 Å². The van der Waals surface area contributed by atoms with Gasteiger partial charge in [0.25, 0.3) is 0 Å². The highest BCUT2D eigenvalue weighted by Gasteiger charge is 2.25. The number of benzene rings is 1. The van der Waals surface area contributed by atoms with Crippen LogP contribution in [0.15, 0.2) is 22.7 Å². The minimum absolute atomic E-state index is 0.0396. The van der Waals surface area contributed by atoms with Crippen LogP contribution in [0.2, 0.25) is 0 Å². The van der Waals surface area contributed by atoms with Gasteiger partial charge < -0.3 is 29.7 Å². The van der Waals surface area contributed by atoms with Gasteiger partial charge in [0.2, 0.25) is 5.79 Å². The third kappa shape index (κ3) is 8.17. The number of aliphatic hydroxyl groups is 1. The zero-order chi connectivity index (χ0) is 25.6. The molecule has 0 spiro atoms. The second-order valence-corrected chi connectivity index (χ2v) is 9.94. The monoisotopic (exact) mass is 492 g/mol. The van der Waals surface area contributed by atoms with E-state index < -0.39 is 23.6 Å². The summed E-state index contributed by atoms with van der Waals surface area (Å²) in [6.07, 6.45) is 3.98. The first-order chi connectivity index (χ1) is 16.5. The number of nitrogens with two attached hydrogens (primary N) is 1. The molecule has 194 valence electrons. The zero-order valence-electron chi connectivity index (χ0n) is 21.0. The highest BCUT2D eigenvalue weighted by molar-refractivity contribution is 5.76. The number of hydrogen-bond acceptors (Lipinski definition) is 9. The first kappa shape index (κ1) is 26.9. The maximum atomic E-state index is 14.5. The Labute approximate surface area is 205 Å². The fourth-order valence-electron chi connectivity index (χ4n) is 3.99. The minimum Gasteiger partial charge on any atom is -0.493 e. The third-order valence-corrected chi connectivity index (χ3v) is 5.98. The molecule has 0 saturated carbocycles. The fourth-order valence-corrected chi connectivity index (χ4v) is 3.99. The standard InChI is InChI=1S/C25H37FN4O5/c1-16(2)22-28-24(35-29-22)30-11-9-17(10-12-30)6-5-13-33-19-8-7-18(20(26)15-19)14-21(27)23(31)34-25(3,4)32/h7-8,15-17,21,32H,5-6,9-14,27H2,1-4H3. The third-order valence-electron chi connectivity index (χ3n) is 5.98. The van der Waals surface area contributed by atoms with E-state index in [-0.39, 0.29) is 17.9 Å². The van der Waals surface area contributed by atoms with Gasteiger partial charge in [-0.05, 0) is 43.2 Å². The molecular formula is C25H37FN4O5. The van der Waals surface area contributed by atoms with Crippen molar-refractivity contribution in [1.82, 2.24) is 10.1 Å². The zero-order valence-corrected chi connectivity index (χ0v) is 21.0. The van der Waals surface area contributed by atoms with Crippen molar-refractivity contribution in [3.8, 4) is 5.75 Å². The van der Waals surface area contributed by atoms with E-state index in [0.717, 1.165) is 44.6 Å². The van der Waals surface area contributed by atoms with Gasteiger partial charge in [0, 0.05) is 45.3 Å². The SMILES string of the molecule is CC(C)c1noc(N2CCC(CCCOc3ccc(CC(N)C(=O)OC(C)(C)O)c(F)c3)CC2)n1. The molecule has 1 aromatic heterocycles. The highest BCUT2D eigenvalue weighted by Crippen LogP contribution is 2.26. The molecule has 3 rings (SSSR count). The number of halogens is 1. The van der Waals surface area contributed by atoms with Gasteiger partial charge in [-0.2, -0.15) is 4.98 Å². The molecule has 9 nitrogen and oxygen atoms in total. The lowest BCUT2D eigenvalue weighted by Gasteiger charge is -2.30. The van der Waals surface area contributed by atoms with Crippen LogP contribution < -0.4 is 15.4 Å². The molecule has 1 aliphatic rings. The number of rotatable bonds is 11. The Morgan fingerprint density at radius 1 is 1.34 bits per heavy atom. The van der Waals surface area contributed by atoms with Crippen LogP contribution in [0.5, 0.6) is 5.75 Å². The van der Waals surface area contributed by atoms with Crippen molar-refractivity contribution in [3.05, 3.63) is 35.4 Å². The minimum atomic E-state index is -1.63. The van der Waals surface area contributed by atoms with Crippen molar-refractivity contribution in [2.75, 3.05) is 24.6 Å². The average molecular weight is 493 g/mol. The van der Waals surface area contributed by atoms with Crippen molar-refractivity contribution in [1.29, 1.82) is 0 Å². The summed E-state index contributed by atoms with van der Waals surface area (Å²) in [6, 6.07) is 4.06. The maximum Gasteiger partial charge on any atom is 0.325 e. The molecule has 2 heterocycles. The summed E-state index contributed by atoms with van der Waals surface area (Å²) >= 11 is 0. The molecule has 1 aliphatic heterocycles. The van der Waals surface area contributed by atoms with E-state index in [9.17, 15) is 14.3 Å². The van der Waals surface area contributed by atoms with E-state index in [2.05, 4.69) is 15.0 Å². The van der Waals surface area contributed by atoms with E-state index in [1.54, 1.807) is 12.1 Å². The lowest BCUT2D eigenvalue weighted by Crippen LogP contribution is -2.40. The Balaban J connectivity index is 1.37. The average Bonchev–Trinajstić information content (AvgIpc) is 3.28. The molecule has 1 saturated heterocycles. The summed E-state index contributed by atoms with van der Waals surface area (Å²) in [5, 5.41) is 13.6. The summed E-state index contributed by atoms with van der Waals surface area (Å²) < 4.78 is 30.4. The Morgan fingerprint density at radius 2 is 2.06 bits per heavy atom. The molecule has 1 atom stereocenters. The molecule has 0 amide bonds. The molecule has 1 aromatic carbocycles. The summed E-state index contributed by atoms with van der Waals surface area (Å²) in [6.45, 7) is 9.02. The van der Waals surface area contributed by atoms with Crippen LogP contribution in [-0.2, 0) is 16.0 Å². The number of esters is 1. The molecule has 0 aliphatic carbocycles. The molecule has 3 N–H and O–H groups in total. The number of hydrogen-bond donors (Lipinski definition) is 2. The maximum absolute atomic E-state index is 14.5. The molecule has 1 fully saturated rings. The predicted molar refractivity (Wildman–Crippen MR) is 129 cm³/mol. The van der Waals surface area contributed by atoms with Crippen LogP contribution in [0, 0.1) is 11.7 Å². The second-order valence-electron chi connectivity index (χ2n) is 9.94. The van der Waals surface area contributed by atoms with E-state index >= 15 is 0 Å². The molecule has 2 aromatic rings. The summed E-state index contributed by atoms with van der Waals surface area (Å²) in [5.41, 5.74) is 6.07. The van der Waals surface area contributed by atoms with Crippen LogP contribution in [0.25, 0.3) is 0 Å². The molecule has 0 bridgehead atoms. The summed E-state index contributed by atoms with van der Waals surface area (Å²) in [4.78, 5) is 18.5. The van der Waals surface area contributed by atoms with Gasteiger partial charge in [-0.25, -0.2) is 4.39 Å². The Morgan fingerprint density at radius 3 is 2.66 bits per heavy atom. The number of ether oxygens (including phenoxy) is 2. The van der Waals surface area contributed by atoms with Crippen LogP contribution in [0.4, 0.5) is 10.4 Å². The van der Waals surface area contributed by atoms with E-state index in [0.29, 0.717) is 24.3 Å². The molecule has 1 unspecified atom stereocenters. The lowest BCUT2D eigenvalue weighted by atomic mass is 9.92. The van der Waals surface area contributed by atoms with Gasteiger partial charge >= 0.3 is 12.0 Å². The number of carbonyl (C=O) groups excluding carboxylic acids is 1. The van der Waals surface area contributed by atoms with Crippen molar-refractivity contribution in [2.24, 2.45) is 11.7 Å². The summed E-state index contributed by atoms with van der Waals surface area (Å²) in [5.74, 6) is -0.898. The van der Waals surface area contributed by atoms with Gasteiger partial charge in [0.05, 0.1) is 6.61 Å². The van der Waals surface area contributed by atoms with Gasteiger partial charge in [-0.15, -0.1) is 0 Å². The van der Waals surface area contributed by atoms with Gasteiger partial charge in [-0.1, -0.05) is 25.1 Å². The number of piperidine rings is 1. The largest absolute Gasteiger partial charge is 0.493 e. The van der Waals surface area contributed by atoms with Crippen LogP contribution >= 0.6 is 0 Å². The van der Waals surface area contributed by atoms with Crippen LogP contribution in [0.3, 0.4) is 0 Å². The number of nitrogens with zero attached hydrogens (tertiary/aromatic N) is 3. The van der Waals surface area contributed by atoms with Crippen molar-refractivity contribution < 1.29 is 28.3 Å². The molecular weight excluding hydrogens is 455 g/mol. The molecule has 0 radical (unpaired) electrons. The van der Waals surface area contributed by atoms with E-state index in [1.807, 2.05) is 13.8 Å². The van der Waals surface area contributed by atoms with Crippen molar-refractivity contribution in [2.45, 2.75) is 77.5 Å². The first-order valence-electron chi connectivity index (χ1n) is 12.2. The van der Waals surface area contributed by atoms with E-state index in [1.165, 1.54) is 19.9 Å². The van der Waals surface area contributed by atoms with Crippen LogP contribution in [0.1, 0.15) is 70.7 Å². The normalized spacial score (nSPS) is 15.9. The smallest absolute Gasteiger partial charge is 0.325 e. The first-order valence-corrected chi connectivity index (χ1v) is 12.2. The van der Waals surface area contributed by atoms with Crippen molar-refractivity contribution in [3.63, 3.8) is 0 Å². The Hall–Kier alpha value is -2.72. The lowest BCUT2D eigenvalue weighted by molar-refractivity contribution is -0.196. The molecule has 35 heavy (non-hydrogen) atoms. The number of anilines is 1. The number of aromatic nitrogens is 2. The van der Waals surface area contributed by atoms with E-state index in [4.69, 9.17) is 19.7 Å².